The van der Waals surface area contributed by atoms with Crippen molar-refractivity contribution in [3.8, 4) is 0 Å². The van der Waals surface area contributed by atoms with Gasteiger partial charge in [0.2, 0.25) is 0 Å². The SMILES string of the molecule is c1ccc(C[P]C2CCCC2)cc1. The van der Waals surface area contributed by atoms with Gasteiger partial charge in [-0.3, -0.25) is 0 Å². The van der Waals surface area contributed by atoms with Crippen molar-refractivity contribution in [3.63, 3.8) is 0 Å². The van der Waals surface area contributed by atoms with Crippen molar-refractivity contribution < 1.29 is 0 Å². The summed E-state index contributed by atoms with van der Waals surface area (Å²) in [7, 11) is 1.65. The summed E-state index contributed by atoms with van der Waals surface area (Å²) in [6.45, 7) is 0. The maximum absolute atomic E-state index is 2.24. The monoisotopic (exact) mass is 191 g/mol. The van der Waals surface area contributed by atoms with Gasteiger partial charge in [-0.05, 0) is 30.2 Å². The molecule has 1 radical (unpaired) electrons. The largest absolute Gasteiger partial charge is 0.0727 e. The molecule has 1 aliphatic carbocycles. The lowest BCUT2D eigenvalue weighted by Gasteiger charge is -2.07. The van der Waals surface area contributed by atoms with Crippen LogP contribution in [0, 0.1) is 0 Å². The number of rotatable bonds is 3. The van der Waals surface area contributed by atoms with E-state index in [0.717, 1.165) is 5.66 Å². The molecule has 0 aromatic heterocycles. The Balaban J connectivity index is 1.79. The Kier molecular flexibility index (Phi) is 3.38. The van der Waals surface area contributed by atoms with E-state index in [1.165, 1.54) is 37.4 Å². The molecule has 1 saturated carbocycles. The molecule has 0 heterocycles. The summed E-state index contributed by atoms with van der Waals surface area (Å²) in [6, 6.07) is 10.8. The van der Waals surface area contributed by atoms with E-state index >= 15 is 0 Å². The minimum atomic E-state index is 1.00. The summed E-state index contributed by atoms with van der Waals surface area (Å²) in [6.07, 6.45) is 7.12. The number of benzene rings is 1. The van der Waals surface area contributed by atoms with E-state index in [4.69, 9.17) is 0 Å². The predicted octanol–water partition coefficient (Wildman–Crippen LogP) is 4.08. The van der Waals surface area contributed by atoms with Crippen molar-refractivity contribution in [2.45, 2.75) is 37.5 Å². The average molecular weight is 191 g/mol. The topological polar surface area (TPSA) is 0 Å². The second-order valence-electron chi connectivity index (χ2n) is 3.76. The number of hydrogen-bond donors (Lipinski definition) is 0. The highest BCUT2D eigenvalue weighted by atomic mass is 31.1. The molecule has 1 fully saturated rings. The molecule has 0 spiro atoms. The second-order valence-corrected chi connectivity index (χ2v) is 5.18. The fraction of sp³-hybridized carbons (Fsp3) is 0.500. The first-order valence-corrected chi connectivity index (χ1v) is 6.30. The summed E-state index contributed by atoms with van der Waals surface area (Å²) >= 11 is 0. The lowest BCUT2D eigenvalue weighted by molar-refractivity contribution is 0.886. The van der Waals surface area contributed by atoms with E-state index < -0.39 is 0 Å². The molecular formula is C12H16P. The molecule has 0 unspecified atom stereocenters. The summed E-state index contributed by atoms with van der Waals surface area (Å²) in [5.74, 6) is 0. The van der Waals surface area contributed by atoms with Crippen molar-refractivity contribution in [1.29, 1.82) is 0 Å². The van der Waals surface area contributed by atoms with Crippen LogP contribution in [0.2, 0.25) is 0 Å². The van der Waals surface area contributed by atoms with E-state index in [1.54, 1.807) is 8.58 Å². The van der Waals surface area contributed by atoms with Gasteiger partial charge >= 0.3 is 0 Å². The Morgan fingerprint density at radius 3 is 2.46 bits per heavy atom. The van der Waals surface area contributed by atoms with Crippen LogP contribution in [0.15, 0.2) is 30.3 Å². The van der Waals surface area contributed by atoms with Gasteiger partial charge in [0.25, 0.3) is 0 Å². The van der Waals surface area contributed by atoms with Crippen LogP contribution in [-0.2, 0) is 6.16 Å². The third kappa shape index (κ3) is 2.81. The smallest absolute Gasteiger partial charge is 0.00316 e. The Hall–Kier alpha value is -0.350. The second kappa shape index (κ2) is 4.77. The van der Waals surface area contributed by atoms with Crippen LogP contribution < -0.4 is 0 Å². The average Bonchev–Trinajstić information content (AvgIpc) is 2.69. The van der Waals surface area contributed by atoms with E-state index in [-0.39, 0.29) is 0 Å². The van der Waals surface area contributed by atoms with Crippen LogP contribution in [0.1, 0.15) is 31.2 Å². The molecule has 0 bridgehead atoms. The summed E-state index contributed by atoms with van der Waals surface area (Å²) in [5.41, 5.74) is 2.50. The highest BCUT2D eigenvalue weighted by Crippen LogP contribution is 2.36. The molecule has 69 valence electrons. The molecular weight excluding hydrogens is 175 g/mol. The Labute approximate surface area is 82.5 Å². The molecule has 1 aromatic rings. The predicted molar refractivity (Wildman–Crippen MR) is 59.3 cm³/mol. The maximum Gasteiger partial charge on any atom is -0.00316 e. The first-order valence-electron chi connectivity index (χ1n) is 5.16. The molecule has 13 heavy (non-hydrogen) atoms. The lowest BCUT2D eigenvalue weighted by atomic mass is 10.2. The molecule has 1 heteroatoms. The van der Waals surface area contributed by atoms with Crippen LogP contribution in [0.5, 0.6) is 0 Å². The summed E-state index contributed by atoms with van der Waals surface area (Å²) in [4.78, 5) is 0. The van der Waals surface area contributed by atoms with E-state index in [2.05, 4.69) is 30.3 Å². The molecule has 0 N–H and O–H groups in total. The third-order valence-corrected chi connectivity index (χ3v) is 4.28. The van der Waals surface area contributed by atoms with Crippen molar-refractivity contribution in [2.24, 2.45) is 0 Å². The zero-order valence-electron chi connectivity index (χ0n) is 7.95. The molecule has 1 aromatic carbocycles. The molecule has 0 atom stereocenters. The minimum Gasteiger partial charge on any atom is -0.0727 e. The molecule has 0 amide bonds. The molecule has 0 aliphatic heterocycles. The zero-order valence-corrected chi connectivity index (χ0v) is 8.84. The first-order chi connectivity index (χ1) is 6.45. The first kappa shape index (κ1) is 9.21. The quantitative estimate of drug-likeness (QED) is 0.631. The van der Waals surface area contributed by atoms with Gasteiger partial charge in [-0.15, -0.1) is 0 Å². The fourth-order valence-corrected chi connectivity index (χ4v) is 3.31. The zero-order chi connectivity index (χ0) is 8.93. The van der Waals surface area contributed by atoms with Gasteiger partial charge in [0, 0.05) is 0 Å². The standard InChI is InChI=1S/C12H16P/c1-2-6-11(7-3-1)10-13-12-8-4-5-9-12/h1-3,6-7,12H,4-5,8-10H2. The van der Waals surface area contributed by atoms with Gasteiger partial charge in [0.05, 0.1) is 0 Å². The van der Waals surface area contributed by atoms with Crippen molar-refractivity contribution >= 4 is 8.58 Å². The third-order valence-electron chi connectivity index (χ3n) is 2.70. The van der Waals surface area contributed by atoms with Gasteiger partial charge in [-0.25, -0.2) is 0 Å². The van der Waals surface area contributed by atoms with Crippen molar-refractivity contribution in [1.82, 2.24) is 0 Å². The van der Waals surface area contributed by atoms with Gasteiger partial charge in [0.1, 0.15) is 0 Å². The molecule has 2 rings (SSSR count). The van der Waals surface area contributed by atoms with Gasteiger partial charge in [-0.2, -0.15) is 0 Å². The van der Waals surface area contributed by atoms with Gasteiger partial charge in [-0.1, -0.05) is 51.8 Å². The highest BCUT2D eigenvalue weighted by molar-refractivity contribution is 7.38. The maximum atomic E-state index is 2.24. The van der Waals surface area contributed by atoms with Crippen LogP contribution in [0.3, 0.4) is 0 Å². The molecule has 0 nitrogen and oxygen atoms in total. The Bertz CT molecular complexity index is 237. The van der Waals surface area contributed by atoms with Crippen molar-refractivity contribution in [3.05, 3.63) is 35.9 Å². The Morgan fingerprint density at radius 1 is 1.08 bits per heavy atom. The van der Waals surface area contributed by atoms with E-state index in [0.29, 0.717) is 0 Å². The minimum absolute atomic E-state index is 1.00. The van der Waals surface area contributed by atoms with E-state index in [1.807, 2.05) is 0 Å². The Morgan fingerprint density at radius 2 is 1.77 bits per heavy atom. The summed E-state index contributed by atoms with van der Waals surface area (Å²) < 4.78 is 0. The van der Waals surface area contributed by atoms with Gasteiger partial charge in [0.15, 0.2) is 0 Å². The molecule has 0 saturated heterocycles. The fourth-order valence-electron chi connectivity index (χ4n) is 1.90. The van der Waals surface area contributed by atoms with E-state index in [9.17, 15) is 0 Å². The normalized spacial score (nSPS) is 18.8. The van der Waals surface area contributed by atoms with Crippen LogP contribution >= 0.6 is 8.58 Å². The van der Waals surface area contributed by atoms with Crippen LogP contribution in [0.25, 0.3) is 0 Å². The molecule has 1 aliphatic rings. The lowest BCUT2D eigenvalue weighted by Crippen LogP contribution is -1.91. The van der Waals surface area contributed by atoms with Gasteiger partial charge < -0.3 is 0 Å². The summed E-state index contributed by atoms with van der Waals surface area (Å²) in [5, 5.41) is 0. The van der Waals surface area contributed by atoms with Crippen LogP contribution in [-0.4, -0.2) is 5.66 Å². The van der Waals surface area contributed by atoms with Crippen molar-refractivity contribution in [2.75, 3.05) is 0 Å². The van der Waals surface area contributed by atoms with Crippen LogP contribution in [0.4, 0.5) is 0 Å². The highest BCUT2D eigenvalue weighted by Gasteiger charge is 2.14. The number of hydrogen-bond acceptors (Lipinski definition) is 0.